The molecule has 2 aromatic carbocycles. The number of hydrogen-bond donors (Lipinski definition) is 1. The molecule has 34 heavy (non-hydrogen) atoms. The summed E-state index contributed by atoms with van der Waals surface area (Å²) in [4.78, 5) is 21.4. The molecular formula is C23H18F4N2O3S2. The lowest BCUT2D eigenvalue weighted by Crippen LogP contribution is -2.07. The molecule has 0 spiro atoms. The highest BCUT2D eigenvalue weighted by atomic mass is 32.2. The molecule has 4 rings (SSSR count). The molecule has 0 aliphatic heterocycles. The monoisotopic (exact) mass is 510 g/mol. The van der Waals surface area contributed by atoms with Crippen molar-refractivity contribution in [1.29, 1.82) is 0 Å². The fourth-order valence-corrected chi connectivity index (χ4v) is 5.49. The van der Waals surface area contributed by atoms with Gasteiger partial charge in [-0.25, -0.2) is 14.4 Å². The van der Waals surface area contributed by atoms with Crippen molar-refractivity contribution >= 4 is 40.2 Å². The number of carboxylic acid groups (broad SMARTS) is 1. The number of aromatic nitrogens is 2. The molecule has 178 valence electrons. The number of thioether (sulfide) groups is 1. The molecule has 0 bridgehead atoms. The topological polar surface area (TPSA) is 76.2 Å². The van der Waals surface area contributed by atoms with Crippen molar-refractivity contribution in [2.45, 2.75) is 43.5 Å². The summed E-state index contributed by atoms with van der Waals surface area (Å²) in [6.07, 6.45) is -4.65. The molecule has 0 saturated carbocycles. The molecule has 0 radical (unpaired) electrons. The maximum Gasteiger partial charge on any atom is 0.419 e. The van der Waals surface area contributed by atoms with Gasteiger partial charge in [-0.3, -0.25) is 4.79 Å². The van der Waals surface area contributed by atoms with E-state index < -0.39 is 23.5 Å². The summed E-state index contributed by atoms with van der Waals surface area (Å²) in [5, 5.41) is 9.33. The summed E-state index contributed by atoms with van der Waals surface area (Å²) in [5.41, 5.74) is 1.84. The SMILES string of the molecule is Cc1nc(-c2ccc(C(F)(F)F)c(F)c2)sc1CSc1ccc(C)c2nc(CCC(=O)O)oc12. The number of alkyl halides is 3. The highest BCUT2D eigenvalue weighted by molar-refractivity contribution is 7.98. The number of hydrogen-bond acceptors (Lipinski definition) is 6. The van der Waals surface area contributed by atoms with E-state index in [1.807, 2.05) is 19.1 Å². The van der Waals surface area contributed by atoms with Crippen molar-refractivity contribution in [3.05, 3.63) is 63.7 Å². The number of carbonyl (C=O) groups is 1. The van der Waals surface area contributed by atoms with Crippen LogP contribution in [-0.2, 0) is 23.1 Å². The fraction of sp³-hybridized carbons (Fsp3) is 0.261. The van der Waals surface area contributed by atoms with Crippen molar-refractivity contribution in [3.8, 4) is 10.6 Å². The lowest BCUT2D eigenvalue weighted by Gasteiger charge is -2.08. The number of fused-ring (bicyclic) bond motifs is 1. The van der Waals surface area contributed by atoms with Crippen LogP contribution in [0.25, 0.3) is 21.7 Å². The van der Waals surface area contributed by atoms with Gasteiger partial charge in [-0.05, 0) is 37.6 Å². The number of aryl methyl sites for hydroxylation is 3. The highest BCUT2D eigenvalue weighted by Crippen LogP contribution is 2.38. The Balaban J connectivity index is 1.55. The lowest BCUT2D eigenvalue weighted by atomic mass is 10.1. The van der Waals surface area contributed by atoms with Crippen LogP contribution in [0.4, 0.5) is 17.6 Å². The van der Waals surface area contributed by atoms with Crippen LogP contribution in [0.15, 0.2) is 39.6 Å². The van der Waals surface area contributed by atoms with E-state index >= 15 is 0 Å². The first-order chi connectivity index (χ1) is 16.0. The zero-order valence-corrected chi connectivity index (χ0v) is 19.6. The summed E-state index contributed by atoms with van der Waals surface area (Å²) in [6.45, 7) is 3.68. The number of oxazole rings is 1. The molecule has 11 heteroatoms. The van der Waals surface area contributed by atoms with Gasteiger partial charge in [0.2, 0.25) is 0 Å². The zero-order valence-electron chi connectivity index (χ0n) is 18.0. The Morgan fingerprint density at radius 3 is 2.62 bits per heavy atom. The summed E-state index contributed by atoms with van der Waals surface area (Å²) in [5.74, 6) is -1.40. The zero-order chi connectivity index (χ0) is 24.6. The number of nitrogens with zero attached hydrogens (tertiary/aromatic N) is 2. The van der Waals surface area contributed by atoms with Gasteiger partial charge in [0.15, 0.2) is 11.5 Å². The van der Waals surface area contributed by atoms with Gasteiger partial charge in [0, 0.05) is 22.6 Å². The minimum Gasteiger partial charge on any atom is -0.481 e. The first kappa shape index (κ1) is 24.2. The summed E-state index contributed by atoms with van der Waals surface area (Å²) >= 11 is 2.77. The Labute approximate surface area is 199 Å². The van der Waals surface area contributed by atoms with Gasteiger partial charge in [-0.1, -0.05) is 12.1 Å². The minimum atomic E-state index is -4.75. The molecule has 0 amide bonds. The molecule has 0 aliphatic carbocycles. The van der Waals surface area contributed by atoms with E-state index in [-0.39, 0.29) is 18.4 Å². The van der Waals surface area contributed by atoms with Crippen molar-refractivity contribution in [2.75, 3.05) is 0 Å². The molecule has 0 unspecified atom stereocenters. The Morgan fingerprint density at radius 1 is 1.18 bits per heavy atom. The fourth-order valence-electron chi connectivity index (χ4n) is 3.30. The average molecular weight is 511 g/mol. The molecule has 2 aromatic heterocycles. The molecule has 1 N–H and O–H groups in total. The van der Waals surface area contributed by atoms with Crippen molar-refractivity contribution in [3.63, 3.8) is 0 Å². The first-order valence-corrected chi connectivity index (χ1v) is 11.9. The second kappa shape index (κ2) is 9.38. The number of halogens is 4. The number of aliphatic carboxylic acids is 1. The van der Waals surface area contributed by atoms with Crippen molar-refractivity contribution in [2.24, 2.45) is 0 Å². The number of rotatable bonds is 7. The molecule has 0 atom stereocenters. The summed E-state index contributed by atoms with van der Waals surface area (Å²) in [6, 6.07) is 6.61. The van der Waals surface area contributed by atoms with Crippen LogP contribution in [0.5, 0.6) is 0 Å². The third-order valence-electron chi connectivity index (χ3n) is 5.08. The maximum atomic E-state index is 14.0. The second-order valence-corrected chi connectivity index (χ2v) is 9.67. The Morgan fingerprint density at radius 2 is 1.94 bits per heavy atom. The van der Waals surface area contributed by atoms with E-state index in [1.165, 1.54) is 29.2 Å². The van der Waals surface area contributed by atoms with Gasteiger partial charge in [0.25, 0.3) is 0 Å². The second-order valence-electron chi connectivity index (χ2n) is 7.57. The summed E-state index contributed by atoms with van der Waals surface area (Å²) < 4.78 is 58.3. The Bertz CT molecular complexity index is 1380. The summed E-state index contributed by atoms with van der Waals surface area (Å²) in [7, 11) is 0. The van der Waals surface area contributed by atoms with Crippen LogP contribution in [0, 0.1) is 19.7 Å². The standard InChI is InChI=1S/C23H18F4N2O3S2/c1-11-3-6-16(21-20(11)29-18(32-21)7-8-19(30)31)33-10-17-12(2)28-22(34-17)13-4-5-14(15(24)9-13)23(25,26)27/h3-6,9H,7-8,10H2,1-2H3,(H,30,31). The van der Waals surface area contributed by atoms with Crippen LogP contribution < -0.4 is 0 Å². The molecule has 4 aromatic rings. The largest absolute Gasteiger partial charge is 0.481 e. The van der Waals surface area contributed by atoms with E-state index in [0.29, 0.717) is 33.4 Å². The normalized spacial score (nSPS) is 11.9. The van der Waals surface area contributed by atoms with Gasteiger partial charge in [0.1, 0.15) is 16.3 Å². The number of benzene rings is 2. The first-order valence-electron chi connectivity index (χ1n) is 10.1. The molecule has 0 aliphatic rings. The van der Waals surface area contributed by atoms with E-state index in [1.54, 1.807) is 6.92 Å². The van der Waals surface area contributed by atoms with Gasteiger partial charge < -0.3 is 9.52 Å². The molecule has 5 nitrogen and oxygen atoms in total. The van der Waals surface area contributed by atoms with Gasteiger partial charge in [0.05, 0.1) is 22.6 Å². The Hall–Kier alpha value is -2.92. The molecule has 2 heterocycles. The quantitative estimate of drug-likeness (QED) is 0.212. The lowest BCUT2D eigenvalue weighted by molar-refractivity contribution is -0.140. The molecular weight excluding hydrogens is 492 g/mol. The predicted molar refractivity (Wildman–Crippen MR) is 122 cm³/mol. The third-order valence-corrected chi connectivity index (χ3v) is 7.53. The van der Waals surface area contributed by atoms with Crippen LogP contribution in [0.3, 0.4) is 0 Å². The average Bonchev–Trinajstić information content (AvgIpc) is 3.35. The number of thiazole rings is 1. The number of carboxylic acids is 1. The van der Waals surface area contributed by atoms with Crippen molar-refractivity contribution < 1.29 is 31.9 Å². The van der Waals surface area contributed by atoms with Gasteiger partial charge >= 0.3 is 12.1 Å². The highest BCUT2D eigenvalue weighted by Gasteiger charge is 2.34. The maximum absolute atomic E-state index is 14.0. The van der Waals surface area contributed by atoms with Gasteiger partial charge in [-0.2, -0.15) is 13.2 Å². The van der Waals surface area contributed by atoms with Gasteiger partial charge in [-0.15, -0.1) is 23.1 Å². The van der Waals surface area contributed by atoms with E-state index in [9.17, 15) is 22.4 Å². The molecule has 0 saturated heterocycles. The van der Waals surface area contributed by atoms with E-state index in [0.717, 1.165) is 27.5 Å². The van der Waals surface area contributed by atoms with Crippen molar-refractivity contribution in [1.82, 2.24) is 9.97 Å². The van der Waals surface area contributed by atoms with E-state index in [4.69, 9.17) is 9.52 Å². The van der Waals surface area contributed by atoms with Crippen LogP contribution in [-0.4, -0.2) is 21.0 Å². The van der Waals surface area contributed by atoms with Crippen LogP contribution in [0.1, 0.15) is 34.0 Å². The Kier molecular flexibility index (Phi) is 6.68. The molecule has 0 fully saturated rings. The third kappa shape index (κ3) is 5.10. The predicted octanol–water partition coefficient (Wildman–Crippen LogP) is 7.04. The minimum absolute atomic E-state index is 0.0816. The van der Waals surface area contributed by atoms with Crippen LogP contribution >= 0.6 is 23.1 Å². The van der Waals surface area contributed by atoms with Crippen LogP contribution in [0.2, 0.25) is 0 Å². The van der Waals surface area contributed by atoms with E-state index in [2.05, 4.69) is 9.97 Å². The smallest absolute Gasteiger partial charge is 0.419 e.